The van der Waals surface area contributed by atoms with E-state index in [0.717, 1.165) is 0 Å². The molecular weight excluding hydrogens is 448 g/mol. The highest BCUT2D eigenvalue weighted by Gasteiger charge is 2.30. The Morgan fingerprint density at radius 1 is 1.12 bits per heavy atom. The van der Waals surface area contributed by atoms with Gasteiger partial charge >= 0.3 is 18.2 Å². The minimum absolute atomic E-state index is 0.00502. The lowest BCUT2D eigenvalue weighted by Gasteiger charge is -2.19. The van der Waals surface area contributed by atoms with Crippen molar-refractivity contribution in [2.75, 3.05) is 13.2 Å². The summed E-state index contributed by atoms with van der Waals surface area (Å²) in [4.78, 5) is 19.1. The Bertz CT molecular complexity index is 1160. The topological polar surface area (TPSA) is 110 Å². The maximum Gasteiger partial charge on any atom is 0.422 e. The highest BCUT2D eigenvalue weighted by molar-refractivity contribution is 5.74. The predicted octanol–water partition coefficient (Wildman–Crippen LogP) is 4.41. The number of alkyl halides is 3. The zero-order chi connectivity index (χ0) is 24.4. The van der Waals surface area contributed by atoms with Gasteiger partial charge in [0.15, 0.2) is 12.4 Å². The zero-order valence-electron chi connectivity index (χ0n) is 17.8. The number of aromatic amines is 1. The second kappa shape index (κ2) is 9.04. The average Bonchev–Trinajstić information content (AvgIpc) is 3.19. The van der Waals surface area contributed by atoms with Crippen molar-refractivity contribution in [1.82, 2.24) is 20.2 Å². The summed E-state index contributed by atoms with van der Waals surface area (Å²) in [5, 5.41) is 15.0. The summed E-state index contributed by atoms with van der Waals surface area (Å²) >= 11 is 0. The third-order valence-corrected chi connectivity index (χ3v) is 4.61. The van der Waals surface area contributed by atoms with Crippen LogP contribution in [0.25, 0.3) is 22.5 Å². The van der Waals surface area contributed by atoms with E-state index in [1.54, 1.807) is 19.1 Å². The number of aromatic nitrogens is 4. The lowest BCUT2D eigenvalue weighted by molar-refractivity contribution is -0.154. The molecule has 0 atom stereocenters. The first-order valence-corrected chi connectivity index (χ1v) is 9.61. The Morgan fingerprint density at radius 2 is 1.85 bits per heavy atom. The number of hydrogen-bond donors (Lipinski definition) is 2. The number of nitrogens with one attached hydrogen (secondary N) is 1. The first kappa shape index (κ1) is 24.0. The number of carboxylic acid groups (broad SMARTS) is 1. The first-order valence-electron chi connectivity index (χ1n) is 9.61. The summed E-state index contributed by atoms with van der Waals surface area (Å²) in [6.45, 7) is 3.18. The average molecular weight is 468 g/mol. The molecule has 1 aromatic carbocycles. The van der Waals surface area contributed by atoms with Crippen LogP contribution in [0.4, 0.5) is 17.6 Å². The Kier molecular flexibility index (Phi) is 6.56. The van der Waals surface area contributed by atoms with E-state index in [9.17, 15) is 22.4 Å². The van der Waals surface area contributed by atoms with Gasteiger partial charge in [0.25, 0.3) is 0 Å². The van der Waals surface area contributed by atoms with Crippen LogP contribution in [0.1, 0.15) is 19.4 Å². The molecule has 0 aliphatic heterocycles. The van der Waals surface area contributed by atoms with Gasteiger partial charge in [-0.15, -0.1) is 5.10 Å². The van der Waals surface area contributed by atoms with E-state index in [-0.39, 0.29) is 23.9 Å². The first-order chi connectivity index (χ1) is 15.4. The Hall–Kier alpha value is -3.70. The Balaban J connectivity index is 1.76. The lowest BCUT2D eigenvalue weighted by Crippen LogP contribution is -2.30. The van der Waals surface area contributed by atoms with Crippen LogP contribution in [0, 0.1) is 18.2 Å². The number of carbonyl (C=O) groups is 1. The van der Waals surface area contributed by atoms with Crippen LogP contribution in [0.5, 0.6) is 11.9 Å². The smallest absolute Gasteiger partial charge is 0.422 e. The van der Waals surface area contributed by atoms with Gasteiger partial charge in [0.1, 0.15) is 12.4 Å². The molecule has 0 radical (unpaired) electrons. The van der Waals surface area contributed by atoms with E-state index in [1.807, 2.05) is 0 Å². The number of carboxylic acids is 1. The molecule has 2 N–H and O–H groups in total. The predicted molar refractivity (Wildman–Crippen MR) is 108 cm³/mol. The van der Waals surface area contributed by atoms with Crippen LogP contribution in [-0.2, 0) is 4.79 Å². The highest BCUT2D eigenvalue weighted by atomic mass is 19.4. The third kappa shape index (κ3) is 5.96. The number of pyridine rings is 1. The molecule has 0 amide bonds. The number of hydrogen-bond acceptors (Lipinski definition) is 6. The number of benzene rings is 1. The van der Waals surface area contributed by atoms with Crippen LogP contribution in [0.15, 0.2) is 30.5 Å². The second-order valence-corrected chi connectivity index (χ2v) is 7.88. The molecule has 33 heavy (non-hydrogen) atoms. The van der Waals surface area contributed by atoms with E-state index in [2.05, 4.69) is 24.9 Å². The van der Waals surface area contributed by atoms with Crippen LogP contribution in [0.3, 0.4) is 0 Å². The molecule has 0 saturated carbocycles. The standard InChI is InChI=1S/C21H20F4N4O4/c1-11-6-16(32-9-20(2,3)18(30)31)26-8-14(11)12-4-5-13(15(22)7-12)17-27-19(29-28-17)33-10-21(23,24)25/h4-8H,9-10H2,1-3H3,(H,30,31)(H,27,28,29). The second-order valence-electron chi connectivity index (χ2n) is 7.88. The van der Waals surface area contributed by atoms with Gasteiger partial charge in [0.05, 0.1) is 11.0 Å². The summed E-state index contributed by atoms with van der Waals surface area (Å²) in [6.07, 6.45) is -3.07. The van der Waals surface area contributed by atoms with Crippen molar-refractivity contribution in [3.05, 3.63) is 41.8 Å². The molecule has 2 heterocycles. The largest absolute Gasteiger partial charge is 0.481 e. The number of ether oxygens (including phenoxy) is 2. The molecule has 0 saturated heterocycles. The number of rotatable bonds is 8. The van der Waals surface area contributed by atoms with E-state index >= 15 is 0 Å². The van der Waals surface area contributed by atoms with Gasteiger partial charge in [-0.05, 0) is 44.0 Å². The van der Waals surface area contributed by atoms with Gasteiger partial charge in [0, 0.05) is 17.8 Å². The van der Waals surface area contributed by atoms with Crippen LogP contribution in [-0.4, -0.2) is 50.6 Å². The summed E-state index contributed by atoms with van der Waals surface area (Å²) in [7, 11) is 0. The molecule has 3 aromatic rings. The fraction of sp³-hybridized carbons (Fsp3) is 0.333. The number of H-pyrrole nitrogens is 1. The van der Waals surface area contributed by atoms with E-state index in [0.29, 0.717) is 16.7 Å². The molecule has 0 aliphatic rings. The van der Waals surface area contributed by atoms with Gasteiger partial charge in [-0.3, -0.25) is 9.89 Å². The summed E-state index contributed by atoms with van der Waals surface area (Å²) in [5.41, 5.74) is 0.715. The molecule has 0 fully saturated rings. The van der Waals surface area contributed by atoms with Crippen LogP contribution >= 0.6 is 0 Å². The van der Waals surface area contributed by atoms with E-state index in [4.69, 9.17) is 9.84 Å². The summed E-state index contributed by atoms with van der Waals surface area (Å²) < 4.78 is 61.4. The Morgan fingerprint density at radius 3 is 2.45 bits per heavy atom. The minimum atomic E-state index is -4.55. The number of nitrogens with zero attached hydrogens (tertiary/aromatic N) is 3. The van der Waals surface area contributed by atoms with Crippen molar-refractivity contribution >= 4 is 5.97 Å². The lowest BCUT2D eigenvalue weighted by atomic mass is 9.95. The quantitative estimate of drug-likeness (QED) is 0.471. The monoisotopic (exact) mass is 468 g/mol. The van der Waals surface area contributed by atoms with Crippen molar-refractivity contribution in [2.45, 2.75) is 26.9 Å². The van der Waals surface area contributed by atoms with E-state index < -0.39 is 36.0 Å². The third-order valence-electron chi connectivity index (χ3n) is 4.61. The van der Waals surface area contributed by atoms with Gasteiger partial charge in [-0.25, -0.2) is 9.37 Å². The molecule has 0 unspecified atom stereocenters. The number of aliphatic carboxylic acids is 1. The van der Waals surface area contributed by atoms with Crippen molar-refractivity contribution in [2.24, 2.45) is 5.41 Å². The van der Waals surface area contributed by atoms with Crippen molar-refractivity contribution in [1.29, 1.82) is 0 Å². The minimum Gasteiger partial charge on any atom is -0.481 e. The molecule has 0 aliphatic carbocycles. The molecule has 0 spiro atoms. The molecular formula is C21H20F4N4O4. The van der Waals surface area contributed by atoms with Gasteiger partial charge in [0.2, 0.25) is 5.88 Å². The molecule has 176 valence electrons. The molecule has 8 nitrogen and oxygen atoms in total. The molecule has 3 rings (SSSR count). The molecule has 0 bridgehead atoms. The number of aryl methyl sites for hydroxylation is 1. The fourth-order valence-electron chi connectivity index (χ4n) is 2.68. The van der Waals surface area contributed by atoms with E-state index in [1.165, 1.54) is 32.2 Å². The summed E-state index contributed by atoms with van der Waals surface area (Å²) in [5.74, 6) is -1.54. The normalized spacial score (nSPS) is 12.0. The molecule has 2 aromatic heterocycles. The van der Waals surface area contributed by atoms with Gasteiger partial charge in [-0.1, -0.05) is 6.07 Å². The van der Waals surface area contributed by atoms with Crippen LogP contribution in [0.2, 0.25) is 0 Å². The number of halogens is 4. The van der Waals surface area contributed by atoms with Crippen LogP contribution < -0.4 is 9.47 Å². The maximum absolute atomic E-state index is 14.7. The van der Waals surface area contributed by atoms with Crippen molar-refractivity contribution in [3.63, 3.8) is 0 Å². The summed E-state index contributed by atoms with van der Waals surface area (Å²) in [6, 6.07) is 5.28. The van der Waals surface area contributed by atoms with Crippen molar-refractivity contribution < 1.29 is 36.9 Å². The molecule has 12 heteroatoms. The van der Waals surface area contributed by atoms with Gasteiger partial charge in [-0.2, -0.15) is 18.2 Å². The Labute approximate surface area is 185 Å². The SMILES string of the molecule is Cc1cc(OCC(C)(C)C(=O)O)ncc1-c1ccc(-c2nc(OCC(F)(F)F)n[nH]2)c(F)c1. The van der Waals surface area contributed by atoms with Crippen molar-refractivity contribution in [3.8, 4) is 34.4 Å². The van der Waals surface area contributed by atoms with Gasteiger partial charge < -0.3 is 14.6 Å². The highest BCUT2D eigenvalue weighted by Crippen LogP contribution is 2.30. The maximum atomic E-state index is 14.7. The zero-order valence-corrected chi connectivity index (χ0v) is 17.8. The fourth-order valence-corrected chi connectivity index (χ4v) is 2.68.